The van der Waals surface area contributed by atoms with Gasteiger partial charge in [0.15, 0.2) is 0 Å². The molecule has 0 unspecified atom stereocenters. The van der Waals surface area contributed by atoms with Gasteiger partial charge < -0.3 is 15.0 Å². The third-order valence-electron chi connectivity index (χ3n) is 1.28. The van der Waals surface area contributed by atoms with Gasteiger partial charge in [-0.1, -0.05) is 13.5 Å². The van der Waals surface area contributed by atoms with Crippen LogP contribution in [0.3, 0.4) is 0 Å². The molecule has 13 heavy (non-hydrogen) atoms. The van der Waals surface area contributed by atoms with Crippen molar-refractivity contribution in [3.05, 3.63) is 12.2 Å². The molecular weight excluding hydrogens is 164 g/mol. The minimum absolute atomic E-state index is 0.287. The summed E-state index contributed by atoms with van der Waals surface area (Å²) in [4.78, 5) is 0. The third kappa shape index (κ3) is 18.3. The molecule has 0 amide bonds. The molecule has 3 heteroatoms. The lowest BCUT2D eigenvalue weighted by Gasteiger charge is -2.22. The van der Waals surface area contributed by atoms with Gasteiger partial charge >= 0.3 is 0 Å². The number of hydrogen-bond donors (Lipinski definition) is 1. The maximum atomic E-state index is 9.71. The second-order valence-corrected chi connectivity index (χ2v) is 4.12. The Hall–Kier alpha value is -0.830. The highest BCUT2D eigenvalue weighted by atomic mass is 16.3. The summed E-state index contributed by atoms with van der Waals surface area (Å²) in [6.45, 7) is 8.22. The molecule has 0 aliphatic heterocycles. The Morgan fingerprint density at radius 2 is 1.69 bits per heavy atom. The summed E-state index contributed by atoms with van der Waals surface area (Å²) in [5.74, 6) is -0.685. The van der Waals surface area contributed by atoms with Gasteiger partial charge in [0.05, 0.1) is 27.7 Å². The van der Waals surface area contributed by atoms with Crippen molar-refractivity contribution in [1.82, 2.24) is 0 Å². The van der Waals surface area contributed by atoms with Crippen LogP contribution in [0.2, 0.25) is 0 Å². The zero-order valence-electron chi connectivity index (χ0n) is 9.48. The number of nitrogens with zero attached hydrogens (tertiary/aromatic N) is 1. The second kappa shape index (κ2) is 6.66. The molecule has 0 atom stereocenters. The van der Waals surface area contributed by atoms with E-state index in [2.05, 4.69) is 34.6 Å². The fourth-order valence-corrected chi connectivity index (χ4v) is 0.671. The van der Waals surface area contributed by atoms with E-state index in [1.807, 2.05) is 0 Å². The lowest BCUT2D eigenvalue weighted by atomic mass is 10.4. The number of rotatable bonds is 3. The first-order valence-corrected chi connectivity index (χ1v) is 4.42. The van der Waals surface area contributed by atoms with E-state index in [0.717, 1.165) is 4.48 Å². The van der Waals surface area contributed by atoms with Crippen LogP contribution in [0.5, 0.6) is 0 Å². The predicted octanol–water partition coefficient (Wildman–Crippen LogP) is 1.00. The molecule has 0 bridgehead atoms. The molecule has 0 aliphatic carbocycles. The molecule has 0 aliphatic rings. The van der Waals surface area contributed by atoms with E-state index >= 15 is 0 Å². The fourth-order valence-electron chi connectivity index (χ4n) is 0.671. The van der Waals surface area contributed by atoms with Crippen LogP contribution in [0.1, 0.15) is 20.3 Å². The zero-order valence-corrected chi connectivity index (χ0v) is 9.48. The molecule has 3 nitrogen and oxygen atoms in total. The molecule has 0 aromatic heterocycles. The van der Waals surface area contributed by atoms with E-state index in [0.29, 0.717) is 0 Å². The van der Waals surface area contributed by atoms with Gasteiger partial charge in [0.25, 0.3) is 0 Å². The Labute approximate surface area is 81.8 Å². The largest absolute Gasteiger partial charge is 0.859 e. The van der Waals surface area contributed by atoms with Crippen LogP contribution < -0.4 is 5.11 Å². The average molecular weight is 186 g/mol. The lowest BCUT2D eigenvalue weighted by molar-refractivity contribution is -0.870. The first-order chi connectivity index (χ1) is 5.70. The highest BCUT2D eigenvalue weighted by Crippen LogP contribution is 1.90. The van der Waals surface area contributed by atoms with Crippen molar-refractivity contribution in [2.24, 2.45) is 0 Å². The summed E-state index contributed by atoms with van der Waals surface area (Å²) >= 11 is 0. The van der Waals surface area contributed by atoms with Gasteiger partial charge in [-0.15, -0.1) is 0 Å². The van der Waals surface area contributed by atoms with Gasteiger partial charge in [-0.3, -0.25) is 0 Å². The third-order valence-corrected chi connectivity index (χ3v) is 1.28. The molecule has 0 spiro atoms. The molecule has 0 aromatic rings. The molecule has 0 fully saturated rings. The van der Waals surface area contributed by atoms with E-state index in [4.69, 9.17) is 5.41 Å². The minimum Gasteiger partial charge on any atom is -0.859 e. The van der Waals surface area contributed by atoms with Crippen molar-refractivity contribution >= 4 is 5.90 Å². The van der Waals surface area contributed by atoms with Crippen molar-refractivity contribution in [1.29, 1.82) is 5.41 Å². The van der Waals surface area contributed by atoms with Crippen molar-refractivity contribution in [2.45, 2.75) is 20.3 Å². The Balaban J connectivity index is 0. The summed E-state index contributed by atoms with van der Waals surface area (Å²) in [7, 11) is 6.64. The Morgan fingerprint density at radius 3 is 1.69 bits per heavy atom. The summed E-state index contributed by atoms with van der Waals surface area (Å²) in [6.07, 6.45) is 1.28. The summed E-state index contributed by atoms with van der Waals surface area (Å²) < 4.78 is 1.09. The topological polar surface area (TPSA) is 46.9 Å². The second-order valence-electron chi connectivity index (χ2n) is 4.12. The molecule has 0 radical (unpaired) electrons. The maximum absolute atomic E-state index is 9.71. The molecule has 0 rings (SSSR count). The first kappa shape index (κ1) is 14.7. The molecule has 0 saturated carbocycles. The summed E-state index contributed by atoms with van der Waals surface area (Å²) in [5.41, 5.74) is 0.287. The van der Waals surface area contributed by atoms with Crippen LogP contribution in [0.25, 0.3) is 0 Å². The smallest absolute Gasteiger partial charge is 0.0777 e. The van der Waals surface area contributed by atoms with E-state index in [1.165, 1.54) is 19.9 Å². The number of quaternary nitrogens is 1. The highest BCUT2D eigenvalue weighted by molar-refractivity contribution is 5.85. The quantitative estimate of drug-likeness (QED) is 0.399. The van der Waals surface area contributed by atoms with Crippen LogP contribution >= 0.6 is 0 Å². The van der Waals surface area contributed by atoms with Gasteiger partial charge in [0.2, 0.25) is 0 Å². The normalized spacial score (nSPS) is 9.92. The van der Waals surface area contributed by atoms with Gasteiger partial charge in [-0.25, -0.2) is 0 Å². The lowest BCUT2D eigenvalue weighted by Crippen LogP contribution is -2.34. The fraction of sp³-hybridized carbons (Fsp3) is 0.700. The van der Waals surface area contributed by atoms with Crippen LogP contribution in [0, 0.1) is 5.41 Å². The minimum atomic E-state index is -0.685. The van der Waals surface area contributed by atoms with Crippen LogP contribution in [0.4, 0.5) is 0 Å². The van der Waals surface area contributed by atoms with E-state index in [9.17, 15) is 5.11 Å². The molecular formula is C10H22N2O. The molecule has 1 N–H and O–H groups in total. The molecule has 0 heterocycles. The van der Waals surface area contributed by atoms with Crippen molar-refractivity contribution < 1.29 is 9.59 Å². The standard InChI is InChI=1S/C6H16N.C4H7NO/c1-5-6-7(2,3)4;1-3(2)4(5)6/h5-6H2,1-4H3;1H2,2H3,(H2,5,6)/q+1;/p-1. The SMILES string of the molecule is C=C(C)C(=N)[O-].CCC[N+](C)(C)C. The molecule has 78 valence electrons. The highest BCUT2D eigenvalue weighted by Gasteiger charge is 2.01. The van der Waals surface area contributed by atoms with Gasteiger partial charge in [0.1, 0.15) is 0 Å². The van der Waals surface area contributed by atoms with E-state index in [-0.39, 0.29) is 5.57 Å². The number of nitrogens with one attached hydrogen (secondary N) is 1. The zero-order chi connectivity index (χ0) is 11.1. The van der Waals surface area contributed by atoms with Gasteiger partial charge in [-0.2, -0.15) is 0 Å². The Kier molecular flexibility index (Phi) is 7.52. The predicted molar refractivity (Wildman–Crippen MR) is 55.7 cm³/mol. The van der Waals surface area contributed by atoms with Crippen LogP contribution in [-0.4, -0.2) is 38.1 Å². The first-order valence-electron chi connectivity index (χ1n) is 4.42. The van der Waals surface area contributed by atoms with Crippen molar-refractivity contribution in [2.75, 3.05) is 27.7 Å². The summed E-state index contributed by atoms with van der Waals surface area (Å²) in [6, 6.07) is 0. The van der Waals surface area contributed by atoms with E-state index in [1.54, 1.807) is 0 Å². The Bertz CT molecular complexity index is 156. The van der Waals surface area contributed by atoms with Crippen LogP contribution in [-0.2, 0) is 0 Å². The molecule has 0 aromatic carbocycles. The maximum Gasteiger partial charge on any atom is 0.0777 e. The van der Waals surface area contributed by atoms with Crippen molar-refractivity contribution in [3.63, 3.8) is 0 Å². The van der Waals surface area contributed by atoms with Crippen LogP contribution in [0.15, 0.2) is 12.2 Å². The Morgan fingerprint density at radius 1 is 1.38 bits per heavy atom. The van der Waals surface area contributed by atoms with Crippen molar-refractivity contribution in [3.8, 4) is 0 Å². The van der Waals surface area contributed by atoms with Gasteiger partial charge in [0, 0.05) is 0 Å². The average Bonchev–Trinajstić information content (AvgIpc) is 1.85. The molecule has 0 saturated heterocycles. The van der Waals surface area contributed by atoms with Gasteiger partial charge in [-0.05, 0) is 24.8 Å². The monoisotopic (exact) mass is 186 g/mol. The summed E-state index contributed by atoms with van der Waals surface area (Å²) in [5, 5.41) is 16.0. The van der Waals surface area contributed by atoms with E-state index < -0.39 is 5.90 Å². The number of hydrogen-bond acceptors (Lipinski definition) is 2.